The number of nitrogens with zero attached hydrogens (tertiary/aromatic N) is 3. The standard InChI is InChI=1S/C34H30FN3O/c35-28-8-10-29(11-9-28)38-22-32(31-20-25(7-12-33(31)38)26-4-3-16-36-21-26)24-13-17-37(18-14-24)19-15-27-23-39-34-6-2-1-5-30(27)34/h1-12,16,20-24H,13-15,17-19H2. The van der Waals surface area contributed by atoms with E-state index in [1.165, 1.54) is 39.6 Å². The Labute approximate surface area is 227 Å². The summed E-state index contributed by atoms with van der Waals surface area (Å²) in [4.78, 5) is 6.91. The second-order valence-electron chi connectivity index (χ2n) is 10.5. The minimum Gasteiger partial charge on any atom is -0.464 e. The molecule has 0 amide bonds. The van der Waals surface area contributed by atoms with Gasteiger partial charge in [0.15, 0.2) is 0 Å². The topological polar surface area (TPSA) is 34.2 Å². The lowest BCUT2D eigenvalue weighted by Crippen LogP contribution is -2.34. The summed E-state index contributed by atoms with van der Waals surface area (Å²) < 4.78 is 21.7. The van der Waals surface area contributed by atoms with Gasteiger partial charge in [-0.1, -0.05) is 30.3 Å². The molecule has 1 aliphatic heterocycles. The van der Waals surface area contributed by atoms with Gasteiger partial charge in [0, 0.05) is 47.2 Å². The van der Waals surface area contributed by atoms with E-state index in [1.54, 1.807) is 6.20 Å². The first-order chi connectivity index (χ1) is 19.2. The maximum Gasteiger partial charge on any atom is 0.134 e. The molecule has 0 atom stereocenters. The van der Waals surface area contributed by atoms with Crippen molar-refractivity contribution in [2.75, 3.05) is 19.6 Å². The normalized spacial score (nSPS) is 14.9. The first-order valence-corrected chi connectivity index (χ1v) is 13.7. The maximum absolute atomic E-state index is 13.7. The Morgan fingerprint density at radius 2 is 1.72 bits per heavy atom. The van der Waals surface area contributed by atoms with Gasteiger partial charge in [0.25, 0.3) is 0 Å². The van der Waals surface area contributed by atoms with Crippen LogP contribution < -0.4 is 0 Å². The van der Waals surface area contributed by atoms with E-state index in [1.807, 2.05) is 42.8 Å². The molecule has 0 radical (unpaired) electrons. The van der Waals surface area contributed by atoms with Crippen LogP contribution in [0.2, 0.25) is 0 Å². The summed E-state index contributed by atoms with van der Waals surface area (Å²) in [5, 5.41) is 2.49. The molecule has 3 aromatic heterocycles. The lowest BCUT2D eigenvalue weighted by molar-refractivity contribution is 0.215. The van der Waals surface area contributed by atoms with Gasteiger partial charge < -0.3 is 13.9 Å². The van der Waals surface area contributed by atoms with Gasteiger partial charge in [0.05, 0.1) is 11.8 Å². The number of rotatable bonds is 6. The SMILES string of the molecule is Fc1ccc(-n2cc(C3CCN(CCc4coc5ccccc45)CC3)c3cc(-c4cccnc4)ccc32)cc1. The second-order valence-corrected chi connectivity index (χ2v) is 10.5. The molecule has 3 aromatic carbocycles. The molecule has 4 nitrogen and oxygen atoms in total. The maximum atomic E-state index is 13.7. The molecule has 1 fully saturated rings. The number of piperidine rings is 1. The number of fused-ring (bicyclic) bond motifs is 2. The molecule has 1 saturated heterocycles. The third kappa shape index (κ3) is 4.64. The summed E-state index contributed by atoms with van der Waals surface area (Å²) in [5.41, 5.74) is 8.04. The average molecular weight is 516 g/mol. The molecule has 7 rings (SSSR count). The van der Waals surface area contributed by atoms with E-state index in [2.05, 4.69) is 57.0 Å². The Kier molecular flexibility index (Phi) is 6.22. The highest BCUT2D eigenvalue weighted by molar-refractivity contribution is 5.90. The number of hydrogen-bond donors (Lipinski definition) is 0. The second kappa shape index (κ2) is 10.2. The number of furan rings is 1. The molecule has 194 valence electrons. The molecule has 0 bridgehead atoms. The van der Waals surface area contributed by atoms with E-state index in [-0.39, 0.29) is 5.82 Å². The van der Waals surface area contributed by atoms with Crippen molar-refractivity contribution in [1.29, 1.82) is 0 Å². The van der Waals surface area contributed by atoms with Crippen LogP contribution in [0.15, 0.2) is 108 Å². The lowest BCUT2D eigenvalue weighted by atomic mass is 9.88. The zero-order chi connectivity index (χ0) is 26.2. The molecule has 5 heteroatoms. The molecule has 39 heavy (non-hydrogen) atoms. The lowest BCUT2D eigenvalue weighted by Gasteiger charge is -2.32. The van der Waals surface area contributed by atoms with Crippen LogP contribution >= 0.6 is 0 Å². The molecule has 0 unspecified atom stereocenters. The minimum atomic E-state index is -0.218. The Balaban J connectivity index is 1.15. The zero-order valence-electron chi connectivity index (χ0n) is 21.8. The quantitative estimate of drug-likeness (QED) is 0.225. The summed E-state index contributed by atoms with van der Waals surface area (Å²) in [6.45, 7) is 3.19. The van der Waals surface area contributed by atoms with E-state index in [0.717, 1.165) is 61.2 Å². The first kappa shape index (κ1) is 23.9. The summed E-state index contributed by atoms with van der Waals surface area (Å²) in [6.07, 6.45) is 11.2. The third-order valence-electron chi connectivity index (χ3n) is 8.22. The fourth-order valence-electron chi connectivity index (χ4n) is 6.08. The van der Waals surface area contributed by atoms with Crippen LogP contribution in [0.5, 0.6) is 0 Å². The van der Waals surface area contributed by atoms with Gasteiger partial charge in [-0.3, -0.25) is 4.98 Å². The fraction of sp³-hybridized carbons (Fsp3) is 0.206. The third-order valence-corrected chi connectivity index (χ3v) is 8.22. The predicted molar refractivity (Wildman–Crippen MR) is 155 cm³/mol. The van der Waals surface area contributed by atoms with E-state index in [4.69, 9.17) is 4.42 Å². The summed E-state index contributed by atoms with van der Waals surface area (Å²) in [5.74, 6) is 0.259. The molecule has 6 aromatic rings. The molecular formula is C34H30FN3O. The summed E-state index contributed by atoms with van der Waals surface area (Å²) >= 11 is 0. The van der Waals surface area contributed by atoms with Crippen molar-refractivity contribution in [3.8, 4) is 16.8 Å². The van der Waals surface area contributed by atoms with E-state index in [0.29, 0.717) is 5.92 Å². The van der Waals surface area contributed by atoms with Crippen molar-refractivity contribution in [3.63, 3.8) is 0 Å². The van der Waals surface area contributed by atoms with Crippen LogP contribution in [-0.4, -0.2) is 34.1 Å². The van der Waals surface area contributed by atoms with Crippen LogP contribution in [0.3, 0.4) is 0 Å². The fourth-order valence-corrected chi connectivity index (χ4v) is 6.08. The number of halogens is 1. The molecule has 0 N–H and O–H groups in total. The average Bonchev–Trinajstić information content (AvgIpc) is 3.59. The largest absolute Gasteiger partial charge is 0.464 e. The highest BCUT2D eigenvalue weighted by atomic mass is 19.1. The van der Waals surface area contributed by atoms with Crippen molar-refractivity contribution in [2.24, 2.45) is 0 Å². The Hall–Kier alpha value is -4.22. The number of para-hydroxylation sites is 1. The summed E-state index contributed by atoms with van der Waals surface area (Å²) in [7, 11) is 0. The van der Waals surface area contributed by atoms with Crippen molar-refractivity contribution in [2.45, 2.75) is 25.2 Å². The monoisotopic (exact) mass is 515 g/mol. The van der Waals surface area contributed by atoms with E-state index in [9.17, 15) is 4.39 Å². The van der Waals surface area contributed by atoms with Crippen molar-refractivity contribution in [3.05, 3.63) is 121 Å². The first-order valence-electron chi connectivity index (χ1n) is 13.7. The van der Waals surface area contributed by atoms with Crippen LogP contribution in [0.4, 0.5) is 4.39 Å². The molecule has 4 heterocycles. The van der Waals surface area contributed by atoms with Crippen molar-refractivity contribution in [1.82, 2.24) is 14.5 Å². The van der Waals surface area contributed by atoms with Crippen molar-refractivity contribution < 1.29 is 8.81 Å². The number of pyridine rings is 1. The van der Waals surface area contributed by atoms with E-state index < -0.39 is 0 Å². The minimum absolute atomic E-state index is 0.218. The number of hydrogen-bond acceptors (Lipinski definition) is 3. The molecular weight excluding hydrogens is 485 g/mol. The number of aromatic nitrogens is 2. The Morgan fingerprint density at radius 3 is 2.54 bits per heavy atom. The van der Waals surface area contributed by atoms with Gasteiger partial charge in [0.2, 0.25) is 0 Å². The van der Waals surface area contributed by atoms with Crippen LogP contribution in [0, 0.1) is 5.82 Å². The predicted octanol–water partition coefficient (Wildman–Crippen LogP) is 8.00. The van der Waals surface area contributed by atoms with Gasteiger partial charge in [-0.05, 0) is 103 Å². The summed E-state index contributed by atoms with van der Waals surface area (Å²) in [6, 6.07) is 25.8. The number of benzene rings is 3. The Morgan fingerprint density at radius 1 is 0.872 bits per heavy atom. The highest BCUT2D eigenvalue weighted by Gasteiger charge is 2.24. The van der Waals surface area contributed by atoms with Crippen LogP contribution in [-0.2, 0) is 6.42 Å². The van der Waals surface area contributed by atoms with Gasteiger partial charge in [-0.25, -0.2) is 4.39 Å². The molecule has 1 aliphatic rings. The zero-order valence-corrected chi connectivity index (χ0v) is 21.8. The molecule has 0 aliphatic carbocycles. The smallest absolute Gasteiger partial charge is 0.134 e. The Bertz CT molecular complexity index is 1730. The van der Waals surface area contributed by atoms with Crippen LogP contribution in [0.25, 0.3) is 38.7 Å². The van der Waals surface area contributed by atoms with E-state index >= 15 is 0 Å². The van der Waals surface area contributed by atoms with Gasteiger partial charge >= 0.3 is 0 Å². The molecule has 0 saturated carbocycles. The number of likely N-dealkylation sites (tertiary alicyclic amines) is 1. The van der Waals surface area contributed by atoms with Gasteiger partial charge in [0.1, 0.15) is 11.4 Å². The van der Waals surface area contributed by atoms with Gasteiger partial charge in [-0.15, -0.1) is 0 Å². The van der Waals surface area contributed by atoms with Gasteiger partial charge in [-0.2, -0.15) is 0 Å². The highest BCUT2D eigenvalue weighted by Crippen LogP contribution is 2.38. The van der Waals surface area contributed by atoms with Crippen LogP contribution in [0.1, 0.15) is 29.9 Å². The van der Waals surface area contributed by atoms with Crippen molar-refractivity contribution >= 4 is 21.9 Å². The molecule has 0 spiro atoms.